The Hall–Kier alpha value is -1.18. The second-order valence-electron chi connectivity index (χ2n) is 2.18. The van der Waals surface area contributed by atoms with Crippen LogP contribution in [0.5, 0.6) is 0 Å². The lowest BCUT2D eigenvalue weighted by molar-refractivity contribution is 1.08. The van der Waals surface area contributed by atoms with Gasteiger partial charge in [0.2, 0.25) is 0 Å². The molecule has 13 heavy (non-hydrogen) atoms. The van der Waals surface area contributed by atoms with Gasteiger partial charge in [-0.1, -0.05) is 23.2 Å². The van der Waals surface area contributed by atoms with Crippen LogP contribution in [-0.2, 0) is 0 Å². The molecule has 0 aliphatic carbocycles. The van der Waals surface area contributed by atoms with Gasteiger partial charge in [-0.05, 0) is 0 Å². The second-order valence-corrected chi connectivity index (χ2v) is 2.88. The fourth-order valence-electron chi connectivity index (χ4n) is 0.717. The first-order valence-electron chi connectivity index (χ1n) is 3.40. The average Bonchev–Trinajstić information content (AvgIpc) is 2.61. The number of rotatable bonds is 3. The van der Waals surface area contributed by atoms with Crippen LogP contribution < -0.4 is 5.32 Å². The molecule has 0 saturated carbocycles. The first-order chi connectivity index (χ1) is 6.27. The molecule has 0 aliphatic heterocycles. The zero-order valence-electron chi connectivity index (χ0n) is 6.51. The normalized spacial score (nSPS) is 11.0. The minimum Gasteiger partial charge on any atom is -0.364 e. The summed E-state index contributed by atoms with van der Waals surface area (Å²) in [5.74, 6) is 0.541. The number of hydrogen-bond acceptors (Lipinski definition) is 3. The van der Waals surface area contributed by atoms with Crippen LogP contribution in [0, 0.1) is 11.3 Å². The van der Waals surface area contributed by atoms with Crippen LogP contribution in [0.25, 0.3) is 0 Å². The molecular weight excluding hydrogens is 211 g/mol. The molecule has 2 N–H and O–H groups in total. The molecule has 0 aliphatic rings. The molecule has 0 fully saturated rings. The Morgan fingerprint density at radius 2 is 2.62 bits per heavy atom. The van der Waals surface area contributed by atoms with Gasteiger partial charge in [0, 0.05) is 10.6 Å². The molecule has 1 heterocycles. The first-order valence-corrected chi connectivity index (χ1v) is 4.21. The van der Waals surface area contributed by atoms with Crippen molar-refractivity contribution in [1.29, 1.82) is 5.26 Å². The van der Waals surface area contributed by atoms with Crippen molar-refractivity contribution in [2.45, 2.75) is 0 Å². The number of hydrogen-bond donors (Lipinski definition) is 2. The van der Waals surface area contributed by atoms with E-state index in [2.05, 4.69) is 15.5 Å². The van der Waals surface area contributed by atoms with Gasteiger partial charge in [-0.15, -0.1) is 0 Å². The number of aromatic nitrogens is 2. The van der Waals surface area contributed by atoms with E-state index in [1.165, 1.54) is 11.7 Å². The molecule has 0 aromatic carbocycles. The highest BCUT2D eigenvalue weighted by Crippen LogP contribution is 2.11. The van der Waals surface area contributed by atoms with Gasteiger partial charge >= 0.3 is 0 Å². The van der Waals surface area contributed by atoms with Crippen LogP contribution in [0.4, 0.5) is 5.82 Å². The summed E-state index contributed by atoms with van der Waals surface area (Å²) in [4.78, 5) is 0. The van der Waals surface area contributed by atoms with E-state index < -0.39 is 0 Å². The molecule has 0 amide bonds. The summed E-state index contributed by atoms with van der Waals surface area (Å²) in [5.41, 5.74) is 1.70. The first kappa shape index (κ1) is 9.90. The van der Waals surface area contributed by atoms with Crippen LogP contribution in [-0.4, -0.2) is 16.7 Å². The lowest BCUT2D eigenvalue weighted by atomic mass is 10.3. The van der Waals surface area contributed by atoms with E-state index in [4.69, 9.17) is 28.5 Å². The van der Waals surface area contributed by atoms with Crippen molar-refractivity contribution in [2.24, 2.45) is 0 Å². The Kier molecular flexibility index (Phi) is 3.62. The van der Waals surface area contributed by atoms with E-state index in [1.54, 1.807) is 0 Å². The van der Waals surface area contributed by atoms with E-state index in [1.807, 2.05) is 6.07 Å². The lowest BCUT2D eigenvalue weighted by Crippen LogP contribution is -2.02. The van der Waals surface area contributed by atoms with Crippen molar-refractivity contribution in [3.05, 3.63) is 22.3 Å². The summed E-state index contributed by atoms with van der Waals surface area (Å²) in [7, 11) is 0. The van der Waals surface area contributed by atoms with Crippen LogP contribution in [0.1, 0.15) is 5.56 Å². The summed E-state index contributed by atoms with van der Waals surface area (Å²) in [6, 6.07) is 1.97. The maximum absolute atomic E-state index is 8.61. The predicted octanol–water partition coefficient (Wildman–Crippen LogP) is 2.01. The summed E-state index contributed by atoms with van der Waals surface area (Å²) in [5, 5.41) is 18.2. The SMILES string of the molecule is N#Cc1cn[nH]c1NC/C(Cl)=C\Cl. The largest absolute Gasteiger partial charge is 0.364 e. The molecule has 1 aromatic rings. The molecule has 0 atom stereocenters. The zero-order valence-corrected chi connectivity index (χ0v) is 8.02. The molecule has 0 saturated heterocycles. The smallest absolute Gasteiger partial charge is 0.139 e. The topological polar surface area (TPSA) is 64.5 Å². The van der Waals surface area contributed by atoms with E-state index in [-0.39, 0.29) is 0 Å². The quantitative estimate of drug-likeness (QED) is 0.813. The third-order valence-electron chi connectivity index (χ3n) is 1.31. The van der Waals surface area contributed by atoms with E-state index in [0.717, 1.165) is 0 Å². The van der Waals surface area contributed by atoms with E-state index in [9.17, 15) is 0 Å². The van der Waals surface area contributed by atoms with Crippen LogP contribution in [0.3, 0.4) is 0 Å². The molecule has 0 spiro atoms. The van der Waals surface area contributed by atoms with Gasteiger partial charge in [0.1, 0.15) is 17.5 Å². The third-order valence-corrected chi connectivity index (χ3v) is 1.93. The Morgan fingerprint density at radius 1 is 1.85 bits per heavy atom. The number of halogens is 2. The van der Waals surface area contributed by atoms with Gasteiger partial charge in [-0.25, -0.2) is 0 Å². The van der Waals surface area contributed by atoms with Gasteiger partial charge in [-0.3, -0.25) is 5.10 Å². The number of nitrogens with one attached hydrogen (secondary N) is 2. The van der Waals surface area contributed by atoms with Gasteiger partial charge in [-0.2, -0.15) is 10.4 Å². The molecule has 68 valence electrons. The van der Waals surface area contributed by atoms with Crippen molar-refractivity contribution in [3.8, 4) is 6.07 Å². The highest BCUT2D eigenvalue weighted by molar-refractivity contribution is 6.36. The minimum atomic E-state index is 0.363. The Bertz CT molecular complexity index is 350. The van der Waals surface area contributed by atoms with E-state index in [0.29, 0.717) is 23.0 Å². The fourth-order valence-corrected chi connectivity index (χ4v) is 0.861. The number of aromatic amines is 1. The Balaban J connectivity index is 2.60. The highest BCUT2D eigenvalue weighted by atomic mass is 35.5. The second kappa shape index (κ2) is 4.75. The maximum Gasteiger partial charge on any atom is 0.139 e. The van der Waals surface area contributed by atoms with Crippen molar-refractivity contribution >= 4 is 29.0 Å². The average molecular weight is 217 g/mol. The molecule has 0 radical (unpaired) electrons. The van der Waals surface area contributed by atoms with Crippen molar-refractivity contribution < 1.29 is 0 Å². The Labute approximate surface area is 85.1 Å². The predicted molar refractivity (Wildman–Crippen MR) is 51.6 cm³/mol. The van der Waals surface area contributed by atoms with Gasteiger partial charge in [0.25, 0.3) is 0 Å². The summed E-state index contributed by atoms with van der Waals surface area (Å²) in [6.45, 7) is 0.363. The molecule has 1 aromatic heterocycles. The number of anilines is 1. The zero-order chi connectivity index (χ0) is 9.68. The summed E-state index contributed by atoms with van der Waals surface area (Å²) >= 11 is 11.0. The molecular formula is C7H6Cl2N4. The van der Waals surface area contributed by atoms with Crippen LogP contribution in [0.2, 0.25) is 0 Å². The monoisotopic (exact) mass is 216 g/mol. The fraction of sp³-hybridized carbons (Fsp3) is 0.143. The lowest BCUT2D eigenvalue weighted by Gasteiger charge is -2.00. The standard InChI is InChI=1S/C7H6Cl2N4/c8-1-6(9)4-11-7-5(2-10)3-12-13-7/h1,3H,4H2,(H2,11,12,13)/b6-1+. The van der Waals surface area contributed by atoms with E-state index >= 15 is 0 Å². The maximum atomic E-state index is 8.61. The number of nitriles is 1. The molecule has 0 bridgehead atoms. The molecule has 4 nitrogen and oxygen atoms in total. The minimum absolute atomic E-state index is 0.363. The number of nitrogens with zero attached hydrogens (tertiary/aromatic N) is 2. The summed E-state index contributed by atoms with van der Waals surface area (Å²) in [6.07, 6.45) is 1.43. The van der Waals surface area contributed by atoms with Crippen molar-refractivity contribution in [2.75, 3.05) is 11.9 Å². The van der Waals surface area contributed by atoms with Crippen molar-refractivity contribution in [1.82, 2.24) is 10.2 Å². The Morgan fingerprint density at radius 3 is 3.23 bits per heavy atom. The number of H-pyrrole nitrogens is 1. The molecule has 1 rings (SSSR count). The van der Waals surface area contributed by atoms with Crippen molar-refractivity contribution in [3.63, 3.8) is 0 Å². The van der Waals surface area contributed by atoms with Gasteiger partial charge in [0.15, 0.2) is 0 Å². The van der Waals surface area contributed by atoms with Crippen LogP contribution >= 0.6 is 23.2 Å². The van der Waals surface area contributed by atoms with Crippen LogP contribution in [0.15, 0.2) is 16.8 Å². The molecule has 6 heteroatoms. The third kappa shape index (κ3) is 2.65. The summed E-state index contributed by atoms with van der Waals surface area (Å²) < 4.78 is 0. The van der Waals surface area contributed by atoms with Gasteiger partial charge < -0.3 is 5.32 Å². The molecule has 0 unspecified atom stereocenters. The highest BCUT2D eigenvalue weighted by Gasteiger charge is 2.02. The van der Waals surface area contributed by atoms with Gasteiger partial charge in [0.05, 0.1) is 12.7 Å².